The Hall–Kier alpha value is -1.96. The summed E-state index contributed by atoms with van der Waals surface area (Å²) < 4.78 is 5.27. The molecule has 0 aliphatic heterocycles. The van der Waals surface area contributed by atoms with E-state index in [1.165, 1.54) is 6.07 Å². The van der Waals surface area contributed by atoms with Crippen molar-refractivity contribution >= 4 is 33.9 Å². The zero-order valence-electron chi connectivity index (χ0n) is 14.7. The summed E-state index contributed by atoms with van der Waals surface area (Å²) in [6, 6.07) is 10.6. The van der Waals surface area contributed by atoms with Crippen molar-refractivity contribution in [3.05, 3.63) is 62.0 Å². The summed E-state index contributed by atoms with van der Waals surface area (Å²) in [6.07, 6.45) is 0. The molecule has 0 aliphatic rings. The van der Waals surface area contributed by atoms with Crippen molar-refractivity contribution in [1.82, 2.24) is 4.90 Å². The molecule has 1 aromatic carbocycles. The number of hydrogen-bond acceptors (Lipinski definition) is 6. The lowest BCUT2D eigenvalue weighted by Gasteiger charge is -2.21. The first-order valence-corrected chi connectivity index (χ1v) is 9.38. The second-order valence-corrected chi connectivity index (χ2v) is 7.93. The maximum atomic E-state index is 12.1. The quantitative estimate of drug-likeness (QED) is 0.354. The number of esters is 1. The highest BCUT2D eigenvalue weighted by Crippen LogP contribution is 2.25. The van der Waals surface area contributed by atoms with Crippen molar-refractivity contribution in [2.45, 2.75) is 26.9 Å². The molecule has 0 saturated heterocycles. The molecule has 0 bridgehead atoms. The van der Waals surface area contributed by atoms with Gasteiger partial charge in [-0.2, -0.15) is 0 Å². The van der Waals surface area contributed by atoms with Crippen molar-refractivity contribution in [2.24, 2.45) is 5.92 Å². The van der Waals surface area contributed by atoms with Crippen LogP contribution in [0.3, 0.4) is 0 Å². The number of carbonyl (C=O) groups excluding carboxylic acids is 1. The Bertz CT molecular complexity index is 746. The highest BCUT2D eigenvalue weighted by molar-refractivity contribution is 7.15. The maximum Gasteiger partial charge on any atom is 0.324 e. The summed E-state index contributed by atoms with van der Waals surface area (Å²) in [6.45, 7) is 5.38. The van der Waals surface area contributed by atoms with Crippen LogP contribution in [-0.2, 0) is 22.6 Å². The van der Waals surface area contributed by atoms with E-state index in [-0.39, 0.29) is 23.4 Å². The van der Waals surface area contributed by atoms with Crippen molar-refractivity contribution in [2.75, 3.05) is 13.2 Å². The minimum Gasteiger partial charge on any atom is -0.464 e. The number of ether oxygens (including phenoxy) is 1. The second kappa shape index (κ2) is 9.66. The topological polar surface area (TPSA) is 72.7 Å². The Morgan fingerprint density at radius 3 is 2.50 bits per heavy atom. The van der Waals surface area contributed by atoms with Crippen LogP contribution in [-0.4, -0.2) is 28.9 Å². The van der Waals surface area contributed by atoms with Crippen molar-refractivity contribution in [1.29, 1.82) is 0 Å². The third-order valence-electron chi connectivity index (χ3n) is 3.46. The van der Waals surface area contributed by atoms with Crippen LogP contribution in [0.2, 0.25) is 5.02 Å². The smallest absolute Gasteiger partial charge is 0.324 e. The van der Waals surface area contributed by atoms with E-state index in [4.69, 9.17) is 16.3 Å². The first kappa shape index (κ1) is 20.4. The summed E-state index contributed by atoms with van der Waals surface area (Å²) >= 11 is 7.03. The predicted octanol–water partition coefficient (Wildman–Crippen LogP) is 4.51. The number of nitro groups is 1. The van der Waals surface area contributed by atoms with Crippen molar-refractivity contribution in [3.63, 3.8) is 0 Å². The molecule has 0 N–H and O–H groups in total. The molecule has 2 rings (SSSR count). The third-order valence-corrected chi connectivity index (χ3v) is 4.73. The van der Waals surface area contributed by atoms with Crippen molar-refractivity contribution in [3.8, 4) is 0 Å². The van der Waals surface area contributed by atoms with Gasteiger partial charge in [0.2, 0.25) is 0 Å². The molecular weight excluding hydrogens is 376 g/mol. The number of halogens is 1. The van der Waals surface area contributed by atoms with Gasteiger partial charge in [0.1, 0.15) is 0 Å². The second-order valence-electron chi connectivity index (χ2n) is 6.35. The molecule has 0 amide bonds. The van der Waals surface area contributed by atoms with Gasteiger partial charge in [0, 0.05) is 29.1 Å². The minimum atomic E-state index is -0.408. The molecule has 6 nitrogen and oxygen atoms in total. The lowest BCUT2D eigenvalue weighted by Crippen LogP contribution is -2.30. The molecular formula is C18H21ClN2O4S. The molecule has 2 aromatic rings. The van der Waals surface area contributed by atoms with Gasteiger partial charge in [-0.05, 0) is 29.7 Å². The number of rotatable bonds is 9. The van der Waals surface area contributed by atoms with Crippen LogP contribution in [0.15, 0.2) is 36.4 Å². The van der Waals surface area contributed by atoms with Gasteiger partial charge >= 0.3 is 11.0 Å². The average molecular weight is 397 g/mol. The van der Waals surface area contributed by atoms with Crippen LogP contribution >= 0.6 is 22.9 Å². The molecule has 0 radical (unpaired) electrons. The first-order chi connectivity index (χ1) is 12.3. The summed E-state index contributed by atoms with van der Waals surface area (Å²) in [7, 11) is 0. The zero-order valence-corrected chi connectivity index (χ0v) is 16.3. The molecule has 0 spiro atoms. The number of hydrogen-bond donors (Lipinski definition) is 0. The van der Waals surface area contributed by atoms with E-state index in [9.17, 15) is 14.9 Å². The number of carbonyl (C=O) groups is 1. The molecule has 0 unspecified atom stereocenters. The van der Waals surface area contributed by atoms with Crippen LogP contribution in [0.5, 0.6) is 0 Å². The molecule has 0 aliphatic carbocycles. The van der Waals surface area contributed by atoms with Gasteiger partial charge in [0.25, 0.3) is 0 Å². The fraction of sp³-hybridized carbons (Fsp3) is 0.389. The van der Waals surface area contributed by atoms with Crippen LogP contribution < -0.4 is 0 Å². The van der Waals surface area contributed by atoms with Crippen LogP contribution in [0, 0.1) is 16.0 Å². The molecule has 26 heavy (non-hydrogen) atoms. The van der Waals surface area contributed by atoms with E-state index in [0.717, 1.165) is 21.8 Å². The summed E-state index contributed by atoms with van der Waals surface area (Å²) in [4.78, 5) is 25.3. The molecule has 1 aromatic heterocycles. The normalized spacial score (nSPS) is 11.1. The van der Waals surface area contributed by atoms with Gasteiger partial charge in [-0.25, -0.2) is 0 Å². The van der Waals surface area contributed by atoms with E-state index in [0.29, 0.717) is 24.7 Å². The molecule has 8 heteroatoms. The van der Waals surface area contributed by atoms with Gasteiger partial charge < -0.3 is 4.74 Å². The van der Waals surface area contributed by atoms with Gasteiger partial charge in [0.05, 0.1) is 18.1 Å². The van der Waals surface area contributed by atoms with Gasteiger partial charge in [-0.15, -0.1) is 0 Å². The highest BCUT2D eigenvalue weighted by Gasteiger charge is 2.17. The Morgan fingerprint density at radius 2 is 1.92 bits per heavy atom. The van der Waals surface area contributed by atoms with Crippen LogP contribution in [0.25, 0.3) is 0 Å². The Balaban J connectivity index is 2.07. The Labute approximate surface area is 161 Å². The number of nitrogens with zero attached hydrogens (tertiary/aromatic N) is 2. The van der Waals surface area contributed by atoms with E-state index in [1.54, 1.807) is 18.2 Å². The average Bonchev–Trinajstić information content (AvgIpc) is 3.04. The van der Waals surface area contributed by atoms with Crippen LogP contribution in [0.1, 0.15) is 24.3 Å². The Kier molecular flexibility index (Phi) is 7.56. The maximum absolute atomic E-state index is 12.1. The SMILES string of the molecule is CC(C)COC(=O)CN(Cc1ccc(Cl)cc1)Cc1ccc([N+](=O)[O-])s1. The molecule has 0 fully saturated rings. The Morgan fingerprint density at radius 1 is 1.23 bits per heavy atom. The minimum absolute atomic E-state index is 0.0915. The van der Waals surface area contributed by atoms with E-state index in [2.05, 4.69) is 0 Å². The van der Waals surface area contributed by atoms with Crippen molar-refractivity contribution < 1.29 is 14.5 Å². The molecule has 140 valence electrons. The summed E-state index contributed by atoms with van der Waals surface area (Å²) in [5, 5.41) is 11.6. The predicted molar refractivity (Wildman–Crippen MR) is 102 cm³/mol. The lowest BCUT2D eigenvalue weighted by molar-refractivity contribution is -0.380. The van der Waals surface area contributed by atoms with E-state index in [1.807, 2.05) is 30.9 Å². The first-order valence-electron chi connectivity index (χ1n) is 8.19. The van der Waals surface area contributed by atoms with E-state index < -0.39 is 4.92 Å². The number of thiophene rings is 1. The van der Waals surface area contributed by atoms with Gasteiger partial charge in [-0.1, -0.05) is 48.9 Å². The molecule has 0 atom stereocenters. The molecule has 0 saturated carbocycles. The standard InChI is InChI=1S/C18H21ClN2O4S/c1-13(2)12-25-18(22)11-20(9-14-3-5-15(19)6-4-14)10-16-7-8-17(26-16)21(23)24/h3-8,13H,9-12H2,1-2H3. The van der Waals surface area contributed by atoms with E-state index >= 15 is 0 Å². The monoisotopic (exact) mass is 396 g/mol. The number of benzene rings is 1. The molecule has 1 heterocycles. The largest absolute Gasteiger partial charge is 0.464 e. The van der Waals surface area contributed by atoms with Crippen LogP contribution in [0.4, 0.5) is 5.00 Å². The summed E-state index contributed by atoms with van der Waals surface area (Å²) in [5.41, 5.74) is 0.997. The third kappa shape index (κ3) is 6.74. The lowest BCUT2D eigenvalue weighted by atomic mass is 10.2. The highest BCUT2D eigenvalue weighted by atomic mass is 35.5. The van der Waals surface area contributed by atoms with Gasteiger partial charge in [0.15, 0.2) is 0 Å². The summed E-state index contributed by atoms with van der Waals surface area (Å²) in [5.74, 6) is -0.0395. The van der Waals surface area contributed by atoms with Gasteiger partial charge in [-0.3, -0.25) is 19.8 Å². The fourth-order valence-electron chi connectivity index (χ4n) is 2.27. The zero-order chi connectivity index (χ0) is 19.1. The fourth-order valence-corrected chi connectivity index (χ4v) is 3.26.